The van der Waals surface area contributed by atoms with Crippen LogP contribution in [0.25, 0.3) is 0 Å². The molecule has 0 aliphatic carbocycles. The van der Waals surface area contributed by atoms with E-state index in [0.29, 0.717) is 5.54 Å². The van der Waals surface area contributed by atoms with Gasteiger partial charge in [0.2, 0.25) is 0 Å². The molecule has 2 nitrogen and oxygen atoms in total. The van der Waals surface area contributed by atoms with Gasteiger partial charge >= 0.3 is 0 Å². The van der Waals surface area contributed by atoms with Crippen LogP contribution in [0.5, 0.6) is 0 Å². The van der Waals surface area contributed by atoms with Crippen LogP contribution in [-0.2, 0) is 0 Å². The molecule has 0 spiro atoms. The molecule has 3 heteroatoms. The first-order chi connectivity index (χ1) is 12.5. The maximum absolute atomic E-state index is 2.68. The van der Waals surface area contributed by atoms with Crippen LogP contribution in [0, 0.1) is 13.8 Å². The number of fused-ring (bicyclic) bond motifs is 2. The minimum Gasteiger partial charge on any atom is -0.340 e. The van der Waals surface area contributed by atoms with Gasteiger partial charge in [-0.05, 0) is 88.9 Å². The Morgan fingerprint density at radius 2 is 1.73 bits per heavy atom. The second-order valence-corrected chi connectivity index (χ2v) is 9.47. The number of benzene rings is 2. The van der Waals surface area contributed by atoms with Gasteiger partial charge in [0, 0.05) is 28.4 Å². The minimum absolute atomic E-state index is 0.376. The fourth-order valence-electron chi connectivity index (χ4n) is 4.32. The molecule has 2 aromatic carbocycles. The predicted octanol–water partition coefficient (Wildman–Crippen LogP) is 6.17. The highest BCUT2D eigenvalue weighted by Crippen LogP contribution is 2.48. The normalized spacial score (nSPS) is 18.7. The fraction of sp³-hybridized carbons (Fsp3) is 0.478. The molecule has 1 fully saturated rings. The second kappa shape index (κ2) is 6.94. The van der Waals surface area contributed by atoms with Gasteiger partial charge in [-0.2, -0.15) is 0 Å². The zero-order valence-electron chi connectivity index (χ0n) is 16.5. The van der Waals surface area contributed by atoms with Crippen LogP contribution in [0.1, 0.15) is 44.2 Å². The molecule has 1 saturated heterocycles. The van der Waals surface area contributed by atoms with E-state index >= 15 is 0 Å². The fourth-order valence-corrected chi connectivity index (χ4v) is 5.50. The van der Waals surface area contributed by atoms with Gasteiger partial charge < -0.3 is 4.90 Å². The lowest BCUT2D eigenvalue weighted by atomic mass is 10.0. The van der Waals surface area contributed by atoms with Crippen LogP contribution in [0.3, 0.4) is 0 Å². The Labute approximate surface area is 162 Å². The third-order valence-electron chi connectivity index (χ3n) is 6.12. The van der Waals surface area contributed by atoms with Crippen molar-refractivity contribution in [1.82, 2.24) is 4.90 Å². The first kappa shape index (κ1) is 17.9. The molecule has 2 aliphatic heterocycles. The second-order valence-electron chi connectivity index (χ2n) is 8.38. The lowest BCUT2D eigenvalue weighted by Crippen LogP contribution is -2.39. The summed E-state index contributed by atoms with van der Waals surface area (Å²) >= 11 is 1.92. The highest BCUT2D eigenvalue weighted by atomic mass is 32.2. The van der Waals surface area contributed by atoms with E-state index in [2.05, 4.69) is 73.9 Å². The first-order valence-electron chi connectivity index (χ1n) is 9.86. The third kappa shape index (κ3) is 3.27. The third-order valence-corrected chi connectivity index (χ3v) is 7.24. The first-order valence-corrected chi connectivity index (χ1v) is 10.7. The van der Waals surface area contributed by atoms with Crippen LogP contribution in [0.4, 0.5) is 11.4 Å². The van der Waals surface area contributed by atoms with Gasteiger partial charge in [0.05, 0.1) is 11.4 Å². The maximum Gasteiger partial charge on any atom is 0.0555 e. The van der Waals surface area contributed by atoms with Gasteiger partial charge in [-0.1, -0.05) is 23.9 Å². The molecule has 26 heavy (non-hydrogen) atoms. The molecule has 0 atom stereocenters. The highest BCUT2D eigenvalue weighted by molar-refractivity contribution is 7.99. The molecule has 138 valence electrons. The highest BCUT2D eigenvalue weighted by Gasteiger charge is 2.31. The minimum atomic E-state index is 0.376. The summed E-state index contributed by atoms with van der Waals surface area (Å²) in [5.41, 5.74) is 5.90. The Balaban J connectivity index is 1.58. The van der Waals surface area contributed by atoms with Gasteiger partial charge in [-0.3, -0.25) is 4.90 Å². The Morgan fingerprint density at radius 1 is 0.962 bits per heavy atom. The number of para-hydroxylation sites is 1. The zero-order valence-corrected chi connectivity index (χ0v) is 17.3. The van der Waals surface area contributed by atoms with E-state index in [4.69, 9.17) is 0 Å². The molecule has 0 aromatic heterocycles. The van der Waals surface area contributed by atoms with Crippen molar-refractivity contribution in [2.45, 2.75) is 62.3 Å². The maximum atomic E-state index is 2.68. The molecular weight excluding hydrogens is 336 g/mol. The molecule has 0 amide bonds. The molecule has 0 radical (unpaired) electrons. The Kier molecular flexibility index (Phi) is 4.79. The number of hydrogen-bond acceptors (Lipinski definition) is 3. The van der Waals surface area contributed by atoms with Crippen LogP contribution in [0.15, 0.2) is 46.2 Å². The number of anilines is 2. The average Bonchev–Trinajstić information content (AvgIpc) is 2.94. The van der Waals surface area contributed by atoms with Gasteiger partial charge in [0.15, 0.2) is 0 Å². The van der Waals surface area contributed by atoms with E-state index in [1.807, 2.05) is 11.8 Å². The Morgan fingerprint density at radius 3 is 2.50 bits per heavy atom. The number of hydrogen-bond donors (Lipinski definition) is 0. The number of rotatable bonds is 4. The summed E-state index contributed by atoms with van der Waals surface area (Å²) in [6.45, 7) is 12.8. The largest absolute Gasteiger partial charge is 0.340 e. The molecule has 4 rings (SSSR count). The molecule has 2 aliphatic rings. The molecule has 0 unspecified atom stereocenters. The van der Waals surface area contributed by atoms with Crippen molar-refractivity contribution in [1.29, 1.82) is 0 Å². The van der Waals surface area contributed by atoms with Gasteiger partial charge in [-0.25, -0.2) is 0 Å². The van der Waals surface area contributed by atoms with Crippen LogP contribution >= 0.6 is 11.8 Å². The summed E-state index contributed by atoms with van der Waals surface area (Å²) < 4.78 is 0. The van der Waals surface area contributed by atoms with E-state index in [1.165, 1.54) is 64.6 Å². The van der Waals surface area contributed by atoms with Crippen molar-refractivity contribution in [3.8, 4) is 0 Å². The summed E-state index contributed by atoms with van der Waals surface area (Å²) in [4.78, 5) is 8.01. The molecule has 2 heterocycles. The summed E-state index contributed by atoms with van der Waals surface area (Å²) in [6, 6.07) is 13.6. The summed E-state index contributed by atoms with van der Waals surface area (Å²) in [6.07, 6.45) is 3.88. The van der Waals surface area contributed by atoms with Gasteiger partial charge in [0.1, 0.15) is 0 Å². The SMILES string of the molecule is Cc1cc2c(cc1C)N(CCCN1CCCC1(C)C)c1ccccc1S2. The van der Waals surface area contributed by atoms with Crippen molar-refractivity contribution in [2.24, 2.45) is 0 Å². The quantitative estimate of drug-likeness (QED) is 0.639. The van der Waals surface area contributed by atoms with Crippen LogP contribution < -0.4 is 4.90 Å². The van der Waals surface area contributed by atoms with Crippen molar-refractivity contribution >= 4 is 23.1 Å². The van der Waals surface area contributed by atoms with Crippen molar-refractivity contribution in [3.63, 3.8) is 0 Å². The van der Waals surface area contributed by atoms with E-state index < -0.39 is 0 Å². The number of nitrogens with zero attached hydrogens (tertiary/aromatic N) is 2. The van der Waals surface area contributed by atoms with E-state index in [-0.39, 0.29) is 0 Å². The van der Waals surface area contributed by atoms with E-state index in [0.717, 1.165) is 6.54 Å². The average molecular weight is 367 g/mol. The van der Waals surface area contributed by atoms with Gasteiger partial charge in [0.25, 0.3) is 0 Å². The topological polar surface area (TPSA) is 6.48 Å². The lowest BCUT2D eigenvalue weighted by Gasteiger charge is -2.35. The predicted molar refractivity (Wildman–Crippen MR) is 113 cm³/mol. The summed E-state index contributed by atoms with van der Waals surface area (Å²) in [5, 5.41) is 0. The molecular formula is C23H30N2S. The van der Waals surface area contributed by atoms with E-state index in [1.54, 1.807) is 0 Å². The molecule has 0 N–H and O–H groups in total. The Hall–Kier alpha value is -1.45. The van der Waals surface area contributed by atoms with E-state index in [9.17, 15) is 0 Å². The number of aryl methyl sites for hydroxylation is 2. The molecule has 2 aromatic rings. The smallest absolute Gasteiger partial charge is 0.0555 e. The van der Waals surface area contributed by atoms with Crippen LogP contribution in [-0.4, -0.2) is 30.1 Å². The standard InChI is InChI=1S/C23H30N2S/c1-17-15-20-22(16-18(17)2)26-21-10-6-5-9-19(21)25(20)14-8-13-24-12-7-11-23(24,3)4/h5-6,9-10,15-16H,7-8,11-14H2,1-4H3. The zero-order chi connectivity index (χ0) is 18.3. The van der Waals surface area contributed by atoms with Crippen LogP contribution in [0.2, 0.25) is 0 Å². The summed E-state index contributed by atoms with van der Waals surface area (Å²) in [5.74, 6) is 0. The number of likely N-dealkylation sites (tertiary alicyclic amines) is 1. The lowest BCUT2D eigenvalue weighted by molar-refractivity contribution is 0.174. The van der Waals surface area contributed by atoms with Crippen molar-refractivity contribution in [2.75, 3.05) is 24.5 Å². The molecule has 0 saturated carbocycles. The summed E-state index contributed by atoms with van der Waals surface area (Å²) in [7, 11) is 0. The molecule has 0 bridgehead atoms. The Bertz CT molecular complexity index is 812. The van der Waals surface area contributed by atoms with Crippen molar-refractivity contribution < 1.29 is 0 Å². The van der Waals surface area contributed by atoms with Crippen molar-refractivity contribution in [3.05, 3.63) is 47.5 Å². The van der Waals surface area contributed by atoms with Gasteiger partial charge in [-0.15, -0.1) is 0 Å². The monoisotopic (exact) mass is 366 g/mol.